The monoisotopic (exact) mass is 501 g/mol. The van der Waals surface area contributed by atoms with Crippen molar-refractivity contribution in [2.24, 2.45) is 0 Å². The molecule has 7 nitrogen and oxygen atoms in total. The molecule has 0 unspecified atom stereocenters. The topological polar surface area (TPSA) is 111 Å². The van der Waals surface area contributed by atoms with Crippen LogP contribution in [-0.2, 0) is 9.59 Å². The molecule has 0 aromatic heterocycles. The van der Waals surface area contributed by atoms with E-state index in [0.717, 1.165) is 17.3 Å². The molecule has 9 heteroatoms. The maximum absolute atomic E-state index is 12.4. The molecule has 1 heterocycles. The SMILES string of the molecule is COc1cc([C@@H]2CC(=O)NC(SCC(=O)Nc3ccccc3C)=C2C#N)cc(Br)c1O. The Morgan fingerprint density at radius 3 is 2.84 bits per heavy atom. The lowest BCUT2D eigenvalue weighted by atomic mass is 9.87. The van der Waals surface area contributed by atoms with Gasteiger partial charge in [0.2, 0.25) is 11.8 Å². The number of rotatable bonds is 6. The number of nitriles is 1. The fraction of sp³-hybridized carbons (Fsp3) is 0.227. The number of carbonyl (C=O) groups is 2. The van der Waals surface area contributed by atoms with Crippen LogP contribution >= 0.6 is 27.7 Å². The zero-order valence-electron chi connectivity index (χ0n) is 16.9. The Labute approximate surface area is 192 Å². The summed E-state index contributed by atoms with van der Waals surface area (Å²) in [6.45, 7) is 1.90. The first-order chi connectivity index (χ1) is 14.8. The molecule has 0 spiro atoms. The van der Waals surface area contributed by atoms with Crippen molar-refractivity contribution in [3.63, 3.8) is 0 Å². The number of aryl methyl sites for hydroxylation is 1. The number of phenolic OH excluding ortho intramolecular Hbond substituents is 1. The molecule has 0 radical (unpaired) electrons. The third-order valence-electron chi connectivity index (χ3n) is 4.80. The van der Waals surface area contributed by atoms with Gasteiger partial charge in [-0.3, -0.25) is 9.59 Å². The number of carbonyl (C=O) groups excluding carboxylic acids is 2. The highest BCUT2D eigenvalue weighted by Gasteiger charge is 2.31. The van der Waals surface area contributed by atoms with Crippen molar-refractivity contribution in [3.05, 3.63) is 62.6 Å². The fourth-order valence-electron chi connectivity index (χ4n) is 3.21. The van der Waals surface area contributed by atoms with Crippen LogP contribution in [0.2, 0.25) is 0 Å². The van der Waals surface area contributed by atoms with Gasteiger partial charge in [0.05, 0.1) is 34.0 Å². The van der Waals surface area contributed by atoms with Crippen LogP contribution in [0.25, 0.3) is 0 Å². The molecule has 0 saturated carbocycles. The van der Waals surface area contributed by atoms with Crippen LogP contribution in [-0.4, -0.2) is 29.8 Å². The number of allylic oxidation sites excluding steroid dienone is 1. The lowest BCUT2D eigenvalue weighted by Gasteiger charge is -2.25. The molecule has 1 aliphatic heterocycles. The number of nitrogens with one attached hydrogen (secondary N) is 2. The number of hydrogen-bond donors (Lipinski definition) is 3. The van der Waals surface area contributed by atoms with E-state index in [1.807, 2.05) is 31.2 Å². The highest BCUT2D eigenvalue weighted by Crippen LogP contribution is 2.42. The summed E-state index contributed by atoms with van der Waals surface area (Å²) < 4.78 is 5.59. The van der Waals surface area contributed by atoms with E-state index in [4.69, 9.17) is 4.74 Å². The minimum atomic E-state index is -0.522. The van der Waals surface area contributed by atoms with E-state index in [1.165, 1.54) is 7.11 Å². The summed E-state index contributed by atoms with van der Waals surface area (Å²) in [5.74, 6) is -0.810. The number of ether oxygens (including phenoxy) is 1. The van der Waals surface area contributed by atoms with E-state index in [2.05, 4.69) is 32.6 Å². The predicted molar refractivity (Wildman–Crippen MR) is 123 cm³/mol. The normalized spacial score (nSPS) is 15.8. The molecule has 3 rings (SSSR count). The van der Waals surface area contributed by atoms with Crippen LogP contribution in [0.1, 0.15) is 23.5 Å². The zero-order chi connectivity index (χ0) is 22.5. The zero-order valence-corrected chi connectivity index (χ0v) is 19.3. The summed E-state index contributed by atoms with van der Waals surface area (Å²) in [6.07, 6.45) is 0.0722. The Morgan fingerprint density at radius 1 is 1.42 bits per heavy atom. The van der Waals surface area contributed by atoms with Crippen molar-refractivity contribution < 1.29 is 19.4 Å². The molecule has 2 amide bonds. The second-order valence-corrected chi connectivity index (χ2v) is 8.70. The van der Waals surface area contributed by atoms with Gasteiger partial charge in [0.15, 0.2) is 11.5 Å². The lowest BCUT2D eigenvalue weighted by molar-refractivity contribution is -0.121. The minimum Gasteiger partial charge on any atom is -0.503 e. The Hall–Kier alpha value is -2.96. The van der Waals surface area contributed by atoms with Crippen molar-refractivity contribution in [3.8, 4) is 17.6 Å². The average Bonchev–Trinajstić information content (AvgIpc) is 2.75. The number of benzene rings is 2. The summed E-state index contributed by atoms with van der Waals surface area (Å²) in [5, 5.41) is 25.8. The molecule has 0 fully saturated rings. The molecule has 1 aliphatic rings. The summed E-state index contributed by atoms with van der Waals surface area (Å²) in [6, 6.07) is 12.9. The molecular weight excluding hydrogens is 482 g/mol. The van der Waals surface area contributed by atoms with Crippen molar-refractivity contribution in [2.75, 3.05) is 18.2 Å². The summed E-state index contributed by atoms with van der Waals surface area (Å²) in [7, 11) is 1.42. The van der Waals surface area contributed by atoms with Crippen LogP contribution in [0.4, 0.5) is 5.69 Å². The predicted octanol–water partition coefficient (Wildman–Crippen LogP) is 4.18. The Kier molecular flexibility index (Phi) is 7.25. The van der Waals surface area contributed by atoms with Gasteiger partial charge >= 0.3 is 0 Å². The Bertz CT molecular complexity index is 1110. The van der Waals surface area contributed by atoms with Crippen LogP contribution < -0.4 is 15.4 Å². The summed E-state index contributed by atoms with van der Waals surface area (Å²) >= 11 is 4.38. The molecule has 160 valence electrons. The number of hydrogen-bond acceptors (Lipinski definition) is 6. The molecule has 3 N–H and O–H groups in total. The largest absolute Gasteiger partial charge is 0.503 e. The van der Waals surface area contributed by atoms with E-state index < -0.39 is 5.92 Å². The molecular formula is C22H20BrN3O4S. The van der Waals surface area contributed by atoms with Gasteiger partial charge < -0.3 is 20.5 Å². The van der Waals surface area contributed by atoms with Gasteiger partial charge in [-0.05, 0) is 52.2 Å². The maximum atomic E-state index is 12.4. The summed E-state index contributed by atoms with van der Waals surface area (Å²) in [5.41, 5.74) is 2.66. The van der Waals surface area contributed by atoms with Gasteiger partial charge in [0.25, 0.3) is 0 Å². The number of nitrogens with zero attached hydrogens (tertiary/aromatic N) is 1. The number of aromatic hydroxyl groups is 1. The van der Waals surface area contributed by atoms with Gasteiger partial charge in [0, 0.05) is 18.0 Å². The smallest absolute Gasteiger partial charge is 0.234 e. The first-order valence-corrected chi connectivity index (χ1v) is 11.1. The van der Waals surface area contributed by atoms with Gasteiger partial charge in [-0.2, -0.15) is 5.26 Å². The lowest BCUT2D eigenvalue weighted by Crippen LogP contribution is -2.31. The number of phenols is 1. The molecule has 31 heavy (non-hydrogen) atoms. The second kappa shape index (κ2) is 9.90. The first-order valence-electron chi connectivity index (χ1n) is 9.32. The van der Waals surface area contributed by atoms with Crippen LogP contribution in [0.5, 0.6) is 11.5 Å². The molecule has 2 aromatic carbocycles. The third-order valence-corrected chi connectivity index (χ3v) is 6.42. The quantitative estimate of drug-likeness (QED) is 0.547. The molecule has 0 aliphatic carbocycles. The minimum absolute atomic E-state index is 0.0322. The van der Waals surface area contributed by atoms with E-state index in [-0.39, 0.29) is 35.5 Å². The number of amides is 2. The molecule has 0 saturated heterocycles. The number of para-hydroxylation sites is 1. The van der Waals surface area contributed by atoms with E-state index in [0.29, 0.717) is 26.3 Å². The van der Waals surface area contributed by atoms with E-state index in [9.17, 15) is 20.0 Å². The molecule has 0 bridgehead atoms. The average molecular weight is 502 g/mol. The van der Waals surface area contributed by atoms with E-state index in [1.54, 1.807) is 12.1 Å². The number of methoxy groups -OCH3 is 1. The van der Waals surface area contributed by atoms with Crippen molar-refractivity contribution in [1.29, 1.82) is 5.26 Å². The van der Waals surface area contributed by atoms with Gasteiger partial charge in [-0.25, -0.2) is 0 Å². The molecule has 1 atom stereocenters. The standard InChI is InChI=1S/C22H20BrN3O4S/c1-12-5-3-4-6-17(12)25-20(28)11-31-22-15(10-24)14(9-19(27)26-22)13-7-16(23)21(29)18(8-13)30-2/h3-8,14,29H,9,11H2,1-2H3,(H,25,28)(H,26,27)/t14-/m0/s1. The Morgan fingerprint density at radius 2 is 2.16 bits per heavy atom. The fourth-order valence-corrected chi connectivity index (χ4v) is 4.54. The van der Waals surface area contributed by atoms with Crippen LogP contribution in [0, 0.1) is 18.3 Å². The summed E-state index contributed by atoms with van der Waals surface area (Å²) in [4.78, 5) is 24.7. The van der Waals surface area contributed by atoms with Crippen LogP contribution in [0.3, 0.4) is 0 Å². The highest BCUT2D eigenvalue weighted by molar-refractivity contribution is 9.10. The second-order valence-electron chi connectivity index (χ2n) is 6.86. The number of thioether (sulfide) groups is 1. The van der Waals surface area contributed by atoms with Gasteiger partial charge in [-0.15, -0.1) is 0 Å². The Balaban J connectivity index is 1.83. The highest BCUT2D eigenvalue weighted by atomic mass is 79.9. The van der Waals surface area contributed by atoms with Gasteiger partial charge in [-0.1, -0.05) is 30.0 Å². The molecule has 2 aromatic rings. The van der Waals surface area contributed by atoms with Crippen molar-refractivity contribution in [1.82, 2.24) is 5.32 Å². The van der Waals surface area contributed by atoms with Crippen molar-refractivity contribution >= 4 is 45.2 Å². The maximum Gasteiger partial charge on any atom is 0.234 e. The van der Waals surface area contributed by atoms with Crippen LogP contribution in [0.15, 0.2) is 51.5 Å². The number of halogens is 1. The van der Waals surface area contributed by atoms with E-state index >= 15 is 0 Å². The van der Waals surface area contributed by atoms with Crippen molar-refractivity contribution in [2.45, 2.75) is 19.3 Å². The van der Waals surface area contributed by atoms with Gasteiger partial charge in [0.1, 0.15) is 0 Å². The third kappa shape index (κ3) is 5.21. The number of anilines is 1. The first kappa shape index (κ1) is 22.7.